The highest BCUT2D eigenvalue weighted by Gasteiger charge is 2.08. The molecule has 1 N–H and O–H groups in total. The number of nitrogens with one attached hydrogen (secondary N) is 1. The molecule has 92 valence electrons. The Balaban J connectivity index is 2.38. The van der Waals surface area contributed by atoms with Crippen LogP contribution in [0, 0.1) is 13.8 Å². The molecule has 1 atom stereocenters. The van der Waals surface area contributed by atoms with Crippen molar-refractivity contribution in [3.63, 3.8) is 0 Å². The molecule has 0 bridgehead atoms. The van der Waals surface area contributed by atoms with Gasteiger partial charge < -0.3 is 9.88 Å². The van der Waals surface area contributed by atoms with Crippen LogP contribution in [0.25, 0.3) is 11.0 Å². The Bertz CT molecular complexity index is 509. The molecule has 1 unspecified atom stereocenters. The largest absolute Gasteiger partial charge is 0.329 e. The second-order valence-electron chi connectivity index (χ2n) is 4.72. The minimum atomic E-state index is 0.508. The number of aryl methyl sites for hydroxylation is 2. The molecule has 0 saturated heterocycles. The summed E-state index contributed by atoms with van der Waals surface area (Å²) < 4.78 is 2.24. The van der Waals surface area contributed by atoms with Crippen LogP contribution in [0.4, 0.5) is 0 Å². The number of hydrogen-bond acceptors (Lipinski definition) is 2. The van der Waals surface area contributed by atoms with Gasteiger partial charge in [0.05, 0.1) is 17.4 Å². The maximum Gasteiger partial charge on any atom is 0.0958 e. The van der Waals surface area contributed by atoms with Crippen molar-refractivity contribution in [2.75, 3.05) is 7.05 Å². The molecule has 0 aliphatic carbocycles. The summed E-state index contributed by atoms with van der Waals surface area (Å²) in [4.78, 5) is 4.48. The van der Waals surface area contributed by atoms with Gasteiger partial charge in [-0.25, -0.2) is 4.98 Å². The number of nitrogens with zero attached hydrogens (tertiary/aromatic N) is 2. The van der Waals surface area contributed by atoms with E-state index in [-0.39, 0.29) is 0 Å². The Labute approximate surface area is 103 Å². The fourth-order valence-electron chi connectivity index (χ4n) is 2.12. The molecule has 2 rings (SSSR count). The second-order valence-corrected chi connectivity index (χ2v) is 4.72. The van der Waals surface area contributed by atoms with Gasteiger partial charge in [-0.15, -0.1) is 0 Å². The standard InChI is InChI=1S/C14H21N3/c1-5-12(15-4)8-17-9-16-13-6-10(2)11(3)7-14(13)17/h6-7,9,12,15H,5,8H2,1-4H3. The maximum atomic E-state index is 4.48. The van der Waals surface area contributed by atoms with E-state index < -0.39 is 0 Å². The average Bonchev–Trinajstić information content (AvgIpc) is 2.69. The number of aromatic nitrogens is 2. The van der Waals surface area contributed by atoms with Crippen LogP contribution >= 0.6 is 0 Å². The Morgan fingerprint density at radius 1 is 1.29 bits per heavy atom. The number of fused-ring (bicyclic) bond motifs is 1. The third-order valence-electron chi connectivity index (χ3n) is 3.55. The lowest BCUT2D eigenvalue weighted by Crippen LogP contribution is -2.29. The van der Waals surface area contributed by atoms with Gasteiger partial charge in [-0.05, 0) is 50.6 Å². The zero-order valence-electron chi connectivity index (χ0n) is 11.1. The number of rotatable bonds is 4. The van der Waals surface area contributed by atoms with Crippen LogP contribution in [0.15, 0.2) is 18.5 Å². The first kappa shape index (κ1) is 12.1. The van der Waals surface area contributed by atoms with Gasteiger partial charge in [0.15, 0.2) is 0 Å². The minimum absolute atomic E-state index is 0.508. The fraction of sp³-hybridized carbons (Fsp3) is 0.500. The Kier molecular flexibility index (Phi) is 3.48. The van der Waals surface area contributed by atoms with Gasteiger partial charge >= 0.3 is 0 Å². The lowest BCUT2D eigenvalue weighted by Gasteiger charge is -2.15. The first-order chi connectivity index (χ1) is 8.15. The number of benzene rings is 1. The molecule has 1 aromatic carbocycles. The quantitative estimate of drug-likeness (QED) is 0.876. The topological polar surface area (TPSA) is 29.9 Å². The molecular formula is C14H21N3. The summed E-state index contributed by atoms with van der Waals surface area (Å²) in [5.41, 5.74) is 4.97. The maximum absolute atomic E-state index is 4.48. The molecule has 0 radical (unpaired) electrons. The molecule has 0 aliphatic rings. The molecule has 17 heavy (non-hydrogen) atoms. The Morgan fingerprint density at radius 2 is 2.00 bits per heavy atom. The Morgan fingerprint density at radius 3 is 2.65 bits per heavy atom. The highest BCUT2D eigenvalue weighted by molar-refractivity contribution is 5.77. The Hall–Kier alpha value is -1.35. The highest BCUT2D eigenvalue weighted by Crippen LogP contribution is 2.18. The molecule has 3 heteroatoms. The van der Waals surface area contributed by atoms with E-state index in [0.717, 1.165) is 18.5 Å². The van der Waals surface area contributed by atoms with E-state index in [1.54, 1.807) is 0 Å². The lowest BCUT2D eigenvalue weighted by molar-refractivity contribution is 0.475. The monoisotopic (exact) mass is 231 g/mol. The van der Waals surface area contributed by atoms with E-state index in [0.29, 0.717) is 6.04 Å². The number of likely N-dealkylation sites (N-methyl/N-ethyl adjacent to an activating group) is 1. The lowest BCUT2D eigenvalue weighted by atomic mass is 10.1. The normalized spacial score (nSPS) is 13.2. The van der Waals surface area contributed by atoms with E-state index in [4.69, 9.17) is 0 Å². The minimum Gasteiger partial charge on any atom is -0.329 e. The summed E-state index contributed by atoms with van der Waals surface area (Å²) in [6.45, 7) is 7.47. The van der Waals surface area contributed by atoms with Crippen molar-refractivity contribution >= 4 is 11.0 Å². The zero-order valence-corrected chi connectivity index (χ0v) is 11.1. The molecule has 0 aliphatic heterocycles. The van der Waals surface area contributed by atoms with E-state index >= 15 is 0 Å². The van der Waals surface area contributed by atoms with Crippen LogP contribution in [-0.4, -0.2) is 22.6 Å². The predicted molar refractivity (Wildman–Crippen MR) is 72.3 cm³/mol. The first-order valence-electron chi connectivity index (χ1n) is 6.25. The molecule has 0 saturated carbocycles. The number of imidazole rings is 1. The van der Waals surface area contributed by atoms with Crippen LogP contribution in [0.5, 0.6) is 0 Å². The summed E-state index contributed by atoms with van der Waals surface area (Å²) in [6.07, 6.45) is 3.07. The van der Waals surface area contributed by atoms with Crippen LogP contribution in [0.3, 0.4) is 0 Å². The molecule has 2 aromatic rings. The van der Waals surface area contributed by atoms with E-state index in [1.807, 2.05) is 13.4 Å². The second kappa shape index (κ2) is 4.88. The summed E-state index contributed by atoms with van der Waals surface area (Å²) in [6, 6.07) is 4.91. The van der Waals surface area contributed by atoms with Gasteiger partial charge in [0, 0.05) is 12.6 Å². The molecular weight excluding hydrogens is 210 g/mol. The van der Waals surface area contributed by atoms with Gasteiger partial charge in [-0.3, -0.25) is 0 Å². The predicted octanol–water partition coefficient (Wildman–Crippen LogP) is 2.65. The van der Waals surface area contributed by atoms with Crippen LogP contribution in [0.2, 0.25) is 0 Å². The average molecular weight is 231 g/mol. The van der Waals surface area contributed by atoms with Crippen molar-refractivity contribution in [2.45, 2.75) is 39.8 Å². The smallest absolute Gasteiger partial charge is 0.0958 e. The summed E-state index contributed by atoms with van der Waals surface area (Å²) >= 11 is 0. The highest BCUT2D eigenvalue weighted by atomic mass is 15.1. The van der Waals surface area contributed by atoms with Crippen molar-refractivity contribution in [1.82, 2.24) is 14.9 Å². The summed E-state index contributed by atoms with van der Waals surface area (Å²) in [7, 11) is 2.02. The van der Waals surface area contributed by atoms with E-state index in [1.165, 1.54) is 16.6 Å². The molecule has 0 spiro atoms. The van der Waals surface area contributed by atoms with Gasteiger partial charge in [-0.1, -0.05) is 6.92 Å². The van der Waals surface area contributed by atoms with Crippen molar-refractivity contribution in [2.24, 2.45) is 0 Å². The summed E-state index contributed by atoms with van der Waals surface area (Å²) in [5, 5.41) is 3.33. The summed E-state index contributed by atoms with van der Waals surface area (Å²) in [5.74, 6) is 0. The van der Waals surface area contributed by atoms with Crippen molar-refractivity contribution < 1.29 is 0 Å². The van der Waals surface area contributed by atoms with Crippen LogP contribution < -0.4 is 5.32 Å². The van der Waals surface area contributed by atoms with E-state index in [2.05, 4.69) is 47.8 Å². The molecule has 0 amide bonds. The van der Waals surface area contributed by atoms with E-state index in [9.17, 15) is 0 Å². The van der Waals surface area contributed by atoms with Crippen molar-refractivity contribution in [3.8, 4) is 0 Å². The zero-order chi connectivity index (χ0) is 12.4. The van der Waals surface area contributed by atoms with Gasteiger partial charge in [0.25, 0.3) is 0 Å². The van der Waals surface area contributed by atoms with Crippen molar-refractivity contribution in [1.29, 1.82) is 0 Å². The van der Waals surface area contributed by atoms with Gasteiger partial charge in [0.1, 0.15) is 0 Å². The van der Waals surface area contributed by atoms with Crippen molar-refractivity contribution in [3.05, 3.63) is 29.6 Å². The first-order valence-corrected chi connectivity index (χ1v) is 6.25. The SMILES string of the molecule is CCC(Cn1cnc2cc(C)c(C)cc21)NC. The van der Waals surface area contributed by atoms with Gasteiger partial charge in [0.2, 0.25) is 0 Å². The third-order valence-corrected chi connectivity index (χ3v) is 3.55. The molecule has 0 fully saturated rings. The van der Waals surface area contributed by atoms with Gasteiger partial charge in [-0.2, -0.15) is 0 Å². The van der Waals surface area contributed by atoms with Crippen LogP contribution in [0.1, 0.15) is 24.5 Å². The fourth-order valence-corrected chi connectivity index (χ4v) is 2.12. The van der Waals surface area contributed by atoms with Crippen LogP contribution in [-0.2, 0) is 6.54 Å². The molecule has 3 nitrogen and oxygen atoms in total. The third kappa shape index (κ3) is 2.34. The molecule has 1 heterocycles. The number of hydrogen-bond donors (Lipinski definition) is 1. The molecule has 1 aromatic heterocycles.